The summed E-state index contributed by atoms with van der Waals surface area (Å²) < 4.78 is 15.0. The van der Waals surface area contributed by atoms with Crippen LogP contribution in [0, 0.1) is 17.2 Å². The van der Waals surface area contributed by atoms with Crippen LogP contribution in [-0.4, -0.2) is 18.4 Å². The maximum atomic E-state index is 15.0. The standard InChI is InChI=1S/C25H27Cl2FN2O2/c1-25(12-4-5-13-25)22(20-19(28)11-10-18(26)21(20)27)30-23(31)16-9-8-15-6-2-3-7-17(15)24(32)29-14-16/h2-3,6-7,10-11,16,22H,4-5,8-9,12-14H2,1H3,(H,29,32)(H,30,31)/t16-,22+/m0/s1. The van der Waals surface area contributed by atoms with Gasteiger partial charge in [0.1, 0.15) is 5.82 Å². The van der Waals surface area contributed by atoms with Gasteiger partial charge < -0.3 is 10.6 Å². The van der Waals surface area contributed by atoms with Crippen molar-refractivity contribution in [1.82, 2.24) is 10.6 Å². The second-order valence-electron chi connectivity index (χ2n) is 9.16. The first-order valence-corrected chi connectivity index (χ1v) is 11.9. The highest BCUT2D eigenvalue weighted by Crippen LogP contribution is 2.50. The van der Waals surface area contributed by atoms with Crippen LogP contribution in [-0.2, 0) is 11.2 Å². The highest BCUT2D eigenvalue weighted by molar-refractivity contribution is 6.42. The Hall–Kier alpha value is -2.11. The van der Waals surface area contributed by atoms with Crippen molar-refractivity contribution in [3.63, 3.8) is 0 Å². The molecule has 0 aromatic heterocycles. The normalized spacial score (nSPS) is 21.1. The topological polar surface area (TPSA) is 58.2 Å². The molecule has 32 heavy (non-hydrogen) atoms. The first-order chi connectivity index (χ1) is 15.3. The molecule has 1 heterocycles. The van der Waals surface area contributed by atoms with E-state index in [4.69, 9.17) is 23.2 Å². The van der Waals surface area contributed by atoms with Crippen molar-refractivity contribution in [1.29, 1.82) is 0 Å². The van der Waals surface area contributed by atoms with Gasteiger partial charge in [-0.1, -0.05) is 61.2 Å². The average molecular weight is 477 g/mol. The summed E-state index contributed by atoms with van der Waals surface area (Å²) in [5, 5.41) is 6.39. The van der Waals surface area contributed by atoms with Crippen molar-refractivity contribution in [3.05, 3.63) is 69.0 Å². The van der Waals surface area contributed by atoms with Crippen molar-refractivity contribution < 1.29 is 14.0 Å². The molecule has 4 rings (SSSR count). The molecule has 1 saturated carbocycles. The number of carbonyl (C=O) groups is 2. The Labute approximate surface area is 197 Å². The number of hydrogen-bond acceptors (Lipinski definition) is 2. The van der Waals surface area contributed by atoms with Crippen molar-refractivity contribution >= 4 is 35.0 Å². The smallest absolute Gasteiger partial charge is 0.251 e. The van der Waals surface area contributed by atoms with Crippen LogP contribution in [0.1, 0.15) is 66.6 Å². The van der Waals surface area contributed by atoms with E-state index in [1.54, 1.807) is 6.07 Å². The SMILES string of the molecule is CC1([C@H](NC(=O)[C@H]2CCc3ccccc3C(=O)NC2)c2c(F)ccc(Cl)c2Cl)CCCC1. The van der Waals surface area contributed by atoms with Crippen LogP contribution in [0.25, 0.3) is 0 Å². The van der Waals surface area contributed by atoms with Crippen LogP contribution in [0.5, 0.6) is 0 Å². The minimum Gasteiger partial charge on any atom is -0.351 e. The molecule has 170 valence electrons. The number of halogens is 3. The fourth-order valence-electron chi connectivity index (χ4n) is 5.06. The predicted octanol–water partition coefficient (Wildman–Crippen LogP) is 5.86. The van der Waals surface area contributed by atoms with Crippen molar-refractivity contribution in [2.24, 2.45) is 11.3 Å². The minimum absolute atomic E-state index is 0.144. The molecule has 0 bridgehead atoms. The summed E-state index contributed by atoms with van der Waals surface area (Å²) in [5.41, 5.74) is 1.49. The van der Waals surface area contributed by atoms with Crippen LogP contribution >= 0.6 is 23.2 Å². The fraction of sp³-hybridized carbons (Fsp3) is 0.440. The highest BCUT2D eigenvalue weighted by Gasteiger charge is 2.42. The average Bonchev–Trinajstić information content (AvgIpc) is 3.22. The van der Waals surface area contributed by atoms with Gasteiger partial charge in [-0.05, 0) is 54.9 Å². The lowest BCUT2D eigenvalue weighted by molar-refractivity contribution is -0.126. The van der Waals surface area contributed by atoms with Crippen LogP contribution in [0.3, 0.4) is 0 Å². The number of aryl methyl sites for hydroxylation is 1. The number of benzene rings is 2. The Bertz CT molecular complexity index is 1040. The molecule has 1 aliphatic heterocycles. The van der Waals surface area contributed by atoms with Gasteiger partial charge in [0.15, 0.2) is 0 Å². The molecule has 4 nitrogen and oxygen atoms in total. The lowest BCUT2D eigenvalue weighted by atomic mass is 9.76. The van der Waals surface area contributed by atoms with E-state index >= 15 is 0 Å². The number of nitrogens with one attached hydrogen (secondary N) is 2. The lowest BCUT2D eigenvalue weighted by Crippen LogP contribution is -2.45. The van der Waals surface area contributed by atoms with Gasteiger partial charge in [-0.2, -0.15) is 0 Å². The minimum atomic E-state index is -0.600. The molecule has 2 atom stereocenters. The van der Waals surface area contributed by atoms with E-state index in [9.17, 15) is 14.0 Å². The summed E-state index contributed by atoms with van der Waals surface area (Å²) in [6, 6.07) is 9.57. The summed E-state index contributed by atoms with van der Waals surface area (Å²) in [5.74, 6) is -1.29. The maximum absolute atomic E-state index is 15.0. The van der Waals surface area contributed by atoms with Crippen LogP contribution < -0.4 is 10.6 Å². The quantitative estimate of drug-likeness (QED) is 0.542. The zero-order valence-electron chi connectivity index (χ0n) is 18.0. The number of amides is 2. The zero-order valence-corrected chi connectivity index (χ0v) is 19.5. The summed E-state index contributed by atoms with van der Waals surface area (Å²) in [6.07, 6.45) is 4.94. The van der Waals surface area contributed by atoms with E-state index in [0.717, 1.165) is 31.2 Å². The molecule has 1 fully saturated rings. The number of hydrogen-bond donors (Lipinski definition) is 2. The maximum Gasteiger partial charge on any atom is 0.251 e. The van der Waals surface area contributed by atoms with Gasteiger partial charge in [-0.25, -0.2) is 4.39 Å². The summed E-state index contributed by atoms with van der Waals surface area (Å²) in [4.78, 5) is 25.9. The van der Waals surface area contributed by atoms with Crippen molar-refractivity contribution in [2.75, 3.05) is 6.54 Å². The third kappa shape index (κ3) is 4.51. The molecule has 0 saturated heterocycles. The van der Waals surface area contributed by atoms with Gasteiger partial charge in [0.25, 0.3) is 5.91 Å². The molecule has 2 aromatic carbocycles. The van der Waals surface area contributed by atoms with Crippen LogP contribution in [0.15, 0.2) is 36.4 Å². The van der Waals surface area contributed by atoms with Gasteiger partial charge >= 0.3 is 0 Å². The number of rotatable bonds is 4. The Morgan fingerprint density at radius 2 is 1.91 bits per heavy atom. The molecule has 2 aromatic rings. The Morgan fingerprint density at radius 1 is 1.19 bits per heavy atom. The molecular weight excluding hydrogens is 450 g/mol. The van der Waals surface area contributed by atoms with Crippen molar-refractivity contribution in [2.45, 2.75) is 51.5 Å². The fourth-order valence-corrected chi connectivity index (χ4v) is 5.49. The van der Waals surface area contributed by atoms with E-state index in [1.165, 1.54) is 12.1 Å². The first kappa shape index (κ1) is 23.1. The second-order valence-corrected chi connectivity index (χ2v) is 9.95. The third-order valence-corrected chi connectivity index (χ3v) is 7.82. The van der Waals surface area contributed by atoms with E-state index in [-0.39, 0.29) is 39.4 Å². The van der Waals surface area contributed by atoms with Gasteiger partial charge in [-0.3, -0.25) is 9.59 Å². The highest BCUT2D eigenvalue weighted by atomic mass is 35.5. The molecule has 1 aliphatic carbocycles. The van der Waals surface area contributed by atoms with E-state index < -0.39 is 17.8 Å². The van der Waals surface area contributed by atoms with E-state index in [0.29, 0.717) is 18.4 Å². The second kappa shape index (κ2) is 9.40. The van der Waals surface area contributed by atoms with Gasteiger partial charge in [-0.15, -0.1) is 0 Å². The number of fused-ring (bicyclic) bond motifs is 1. The molecule has 2 aliphatic rings. The summed E-state index contributed by atoms with van der Waals surface area (Å²) in [6.45, 7) is 2.30. The van der Waals surface area contributed by atoms with Gasteiger partial charge in [0.2, 0.25) is 5.91 Å². The molecule has 0 spiro atoms. The lowest BCUT2D eigenvalue weighted by Gasteiger charge is -2.37. The number of carbonyl (C=O) groups excluding carboxylic acids is 2. The first-order valence-electron chi connectivity index (χ1n) is 11.1. The third-order valence-electron chi connectivity index (χ3n) is 7.00. The Balaban J connectivity index is 1.61. The van der Waals surface area contributed by atoms with Gasteiger partial charge in [0, 0.05) is 17.7 Å². The van der Waals surface area contributed by atoms with Gasteiger partial charge in [0.05, 0.1) is 22.0 Å². The Kier molecular flexibility index (Phi) is 6.78. The van der Waals surface area contributed by atoms with E-state index in [1.807, 2.05) is 18.2 Å². The zero-order chi connectivity index (χ0) is 22.9. The van der Waals surface area contributed by atoms with Crippen molar-refractivity contribution in [3.8, 4) is 0 Å². The molecule has 0 radical (unpaired) electrons. The van der Waals surface area contributed by atoms with E-state index in [2.05, 4.69) is 17.6 Å². The molecule has 2 amide bonds. The Morgan fingerprint density at radius 3 is 2.66 bits per heavy atom. The van der Waals surface area contributed by atoms with Crippen LogP contribution in [0.4, 0.5) is 4.39 Å². The largest absolute Gasteiger partial charge is 0.351 e. The summed E-state index contributed by atoms with van der Waals surface area (Å²) in [7, 11) is 0. The van der Waals surface area contributed by atoms with Crippen LogP contribution in [0.2, 0.25) is 10.0 Å². The predicted molar refractivity (Wildman–Crippen MR) is 124 cm³/mol. The molecular formula is C25H27Cl2FN2O2. The summed E-state index contributed by atoms with van der Waals surface area (Å²) >= 11 is 12.7. The molecule has 7 heteroatoms. The monoisotopic (exact) mass is 476 g/mol. The molecule has 0 unspecified atom stereocenters. The molecule has 2 N–H and O–H groups in total.